The number of benzene rings is 1. The van der Waals surface area contributed by atoms with Gasteiger partial charge in [0.25, 0.3) is 0 Å². The van der Waals surface area contributed by atoms with Crippen molar-refractivity contribution in [3.63, 3.8) is 0 Å². The number of nitrogens with zero attached hydrogens (tertiary/aromatic N) is 1. The molecule has 4 nitrogen and oxygen atoms in total. The van der Waals surface area contributed by atoms with Crippen LogP contribution in [0.25, 0.3) is 0 Å². The van der Waals surface area contributed by atoms with E-state index >= 15 is 0 Å². The second kappa shape index (κ2) is 7.18. The molecule has 4 heteroatoms. The van der Waals surface area contributed by atoms with Crippen LogP contribution in [0.2, 0.25) is 0 Å². The van der Waals surface area contributed by atoms with E-state index in [1.807, 2.05) is 31.2 Å². The van der Waals surface area contributed by atoms with E-state index in [1.54, 1.807) is 7.11 Å². The summed E-state index contributed by atoms with van der Waals surface area (Å²) >= 11 is 0. The standard InChI is InChI=1S/C17H21NO3/c1-12-3-5-13(6-4-12)14-9-16(19)15(17(20)10-14)11-18-7-8-21-2/h3-6,11,14,19H,7-10H2,1-2H3. The fraction of sp³-hybridized carbons (Fsp3) is 0.412. The van der Waals surface area contributed by atoms with E-state index in [4.69, 9.17) is 4.74 Å². The first-order valence-electron chi connectivity index (χ1n) is 7.12. The second-order valence-corrected chi connectivity index (χ2v) is 5.33. The number of hydrogen-bond donors (Lipinski definition) is 1. The maximum absolute atomic E-state index is 12.2. The Morgan fingerprint density at radius 2 is 2.05 bits per heavy atom. The van der Waals surface area contributed by atoms with E-state index in [0.29, 0.717) is 31.6 Å². The lowest BCUT2D eigenvalue weighted by atomic mass is 9.83. The van der Waals surface area contributed by atoms with Gasteiger partial charge in [0.05, 0.1) is 18.7 Å². The molecule has 0 aromatic heterocycles. The van der Waals surface area contributed by atoms with Gasteiger partial charge in [0.2, 0.25) is 0 Å². The number of aryl methyl sites for hydroxylation is 1. The fourth-order valence-corrected chi connectivity index (χ4v) is 2.43. The van der Waals surface area contributed by atoms with Gasteiger partial charge in [-0.15, -0.1) is 0 Å². The van der Waals surface area contributed by atoms with E-state index in [2.05, 4.69) is 4.99 Å². The molecule has 1 atom stereocenters. The maximum atomic E-state index is 12.2. The summed E-state index contributed by atoms with van der Waals surface area (Å²) in [7, 11) is 1.60. The van der Waals surface area contributed by atoms with Gasteiger partial charge >= 0.3 is 0 Å². The predicted molar refractivity (Wildman–Crippen MR) is 83.1 cm³/mol. The normalized spacial score (nSPS) is 19.5. The number of carbonyl (C=O) groups is 1. The summed E-state index contributed by atoms with van der Waals surface area (Å²) in [6.45, 7) is 3.02. The van der Waals surface area contributed by atoms with Gasteiger partial charge in [-0.05, 0) is 18.4 Å². The number of hydrogen-bond acceptors (Lipinski definition) is 4. The molecule has 1 unspecified atom stereocenters. The third-order valence-electron chi connectivity index (χ3n) is 3.68. The maximum Gasteiger partial charge on any atom is 0.168 e. The third kappa shape index (κ3) is 4.02. The molecular formula is C17H21NO3. The van der Waals surface area contributed by atoms with Gasteiger partial charge in [0, 0.05) is 26.2 Å². The summed E-state index contributed by atoms with van der Waals surface area (Å²) in [5, 5.41) is 10.1. The van der Waals surface area contributed by atoms with Crippen LogP contribution in [0.3, 0.4) is 0 Å². The molecular weight excluding hydrogens is 266 g/mol. The van der Waals surface area contributed by atoms with Gasteiger partial charge in [0.1, 0.15) is 5.76 Å². The molecule has 0 saturated carbocycles. The number of carbonyl (C=O) groups excluding carboxylic acids is 1. The Morgan fingerprint density at radius 1 is 1.33 bits per heavy atom. The van der Waals surface area contributed by atoms with Gasteiger partial charge < -0.3 is 9.84 Å². The average molecular weight is 287 g/mol. The summed E-state index contributed by atoms with van der Waals surface area (Å²) in [5.74, 6) is 0.137. The monoisotopic (exact) mass is 287 g/mol. The van der Waals surface area contributed by atoms with Crippen LogP contribution in [-0.4, -0.2) is 37.4 Å². The Hall–Kier alpha value is -1.94. The summed E-state index contributed by atoms with van der Waals surface area (Å²) in [4.78, 5) is 16.3. The Balaban J connectivity index is 2.10. The molecule has 0 amide bonds. The number of rotatable bonds is 5. The molecule has 0 aliphatic heterocycles. The van der Waals surface area contributed by atoms with Crippen molar-refractivity contribution in [3.05, 3.63) is 46.7 Å². The fourth-order valence-electron chi connectivity index (χ4n) is 2.43. The van der Waals surface area contributed by atoms with Crippen LogP contribution in [0.1, 0.15) is 29.9 Å². The van der Waals surface area contributed by atoms with E-state index < -0.39 is 0 Å². The van der Waals surface area contributed by atoms with Crippen LogP contribution >= 0.6 is 0 Å². The molecule has 112 valence electrons. The number of aliphatic imine (C=N–C) groups is 1. The van der Waals surface area contributed by atoms with Crippen molar-refractivity contribution in [1.29, 1.82) is 0 Å². The Kier molecular flexibility index (Phi) is 5.28. The molecule has 1 aromatic rings. The van der Waals surface area contributed by atoms with Gasteiger partial charge in [-0.3, -0.25) is 9.79 Å². The Bertz CT molecular complexity index is 558. The molecule has 0 radical (unpaired) electrons. The topological polar surface area (TPSA) is 58.9 Å². The molecule has 1 N–H and O–H groups in total. The zero-order valence-electron chi connectivity index (χ0n) is 12.5. The first-order valence-corrected chi connectivity index (χ1v) is 7.12. The molecule has 0 heterocycles. The molecule has 1 aromatic carbocycles. The van der Waals surface area contributed by atoms with Gasteiger partial charge in [-0.25, -0.2) is 0 Å². The van der Waals surface area contributed by atoms with Crippen molar-refractivity contribution >= 4 is 12.0 Å². The highest BCUT2D eigenvalue weighted by atomic mass is 16.5. The highest BCUT2D eigenvalue weighted by Gasteiger charge is 2.27. The number of allylic oxidation sites excluding steroid dienone is 2. The van der Waals surface area contributed by atoms with Gasteiger partial charge in [0.15, 0.2) is 5.78 Å². The molecule has 2 rings (SSSR count). The van der Waals surface area contributed by atoms with Crippen LogP contribution < -0.4 is 0 Å². The largest absolute Gasteiger partial charge is 0.511 e. The summed E-state index contributed by atoms with van der Waals surface area (Å²) in [5.41, 5.74) is 2.62. The highest BCUT2D eigenvalue weighted by molar-refractivity contribution is 6.14. The number of ketones is 1. The lowest BCUT2D eigenvalue weighted by Gasteiger charge is -2.22. The second-order valence-electron chi connectivity index (χ2n) is 5.33. The SMILES string of the molecule is COCCN=CC1=C(O)CC(c2ccc(C)cc2)CC1=O. The smallest absolute Gasteiger partial charge is 0.168 e. The zero-order valence-corrected chi connectivity index (χ0v) is 12.5. The number of aliphatic hydroxyl groups excluding tert-OH is 1. The van der Waals surface area contributed by atoms with Crippen molar-refractivity contribution in [1.82, 2.24) is 0 Å². The van der Waals surface area contributed by atoms with Crippen LogP contribution in [0.4, 0.5) is 0 Å². The minimum atomic E-state index is -0.0505. The summed E-state index contributed by atoms with van der Waals surface area (Å²) in [6.07, 6.45) is 2.38. The molecule has 1 aliphatic carbocycles. The first kappa shape index (κ1) is 15.4. The molecule has 0 fully saturated rings. The number of Topliss-reactive ketones (excluding diaryl/α,β-unsaturated/α-hetero) is 1. The van der Waals surface area contributed by atoms with E-state index in [1.165, 1.54) is 11.8 Å². The van der Waals surface area contributed by atoms with Crippen molar-refractivity contribution < 1.29 is 14.6 Å². The minimum Gasteiger partial charge on any atom is -0.511 e. The van der Waals surface area contributed by atoms with Crippen molar-refractivity contribution in [2.24, 2.45) is 4.99 Å². The predicted octanol–water partition coefficient (Wildman–Crippen LogP) is 2.97. The van der Waals surface area contributed by atoms with E-state index in [-0.39, 0.29) is 17.5 Å². The molecule has 0 spiro atoms. The molecule has 0 saturated heterocycles. The van der Waals surface area contributed by atoms with Crippen LogP contribution in [0, 0.1) is 6.92 Å². The van der Waals surface area contributed by atoms with Crippen molar-refractivity contribution in [2.45, 2.75) is 25.7 Å². The van der Waals surface area contributed by atoms with Crippen LogP contribution in [0.5, 0.6) is 0 Å². The van der Waals surface area contributed by atoms with Crippen LogP contribution in [-0.2, 0) is 9.53 Å². The van der Waals surface area contributed by atoms with E-state index in [0.717, 1.165) is 5.56 Å². The molecule has 0 bridgehead atoms. The Morgan fingerprint density at radius 3 is 2.67 bits per heavy atom. The lowest BCUT2D eigenvalue weighted by Crippen LogP contribution is -2.19. The zero-order chi connectivity index (χ0) is 15.2. The van der Waals surface area contributed by atoms with Crippen molar-refractivity contribution in [2.75, 3.05) is 20.3 Å². The Labute approximate surface area is 125 Å². The minimum absolute atomic E-state index is 0.0502. The van der Waals surface area contributed by atoms with E-state index in [9.17, 15) is 9.90 Å². The van der Waals surface area contributed by atoms with Gasteiger partial charge in [-0.2, -0.15) is 0 Å². The molecule has 21 heavy (non-hydrogen) atoms. The van der Waals surface area contributed by atoms with Gasteiger partial charge in [-0.1, -0.05) is 29.8 Å². The number of aliphatic hydroxyl groups is 1. The highest BCUT2D eigenvalue weighted by Crippen LogP contribution is 2.33. The van der Waals surface area contributed by atoms with Crippen molar-refractivity contribution in [3.8, 4) is 0 Å². The quantitative estimate of drug-likeness (QED) is 0.669. The lowest BCUT2D eigenvalue weighted by molar-refractivity contribution is -0.116. The third-order valence-corrected chi connectivity index (χ3v) is 3.68. The molecule has 1 aliphatic rings. The average Bonchev–Trinajstić information content (AvgIpc) is 2.46. The summed E-state index contributed by atoms with van der Waals surface area (Å²) in [6, 6.07) is 8.11. The first-order chi connectivity index (χ1) is 10.1. The number of ether oxygens (including phenoxy) is 1. The number of methoxy groups -OCH3 is 1. The van der Waals surface area contributed by atoms with Crippen LogP contribution in [0.15, 0.2) is 40.6 Å². The summed E-state index contributed by atoms with van der Waals surface area (Å²) < 4.78 is 4.89.